The van der Waals surface area contributed by atoms with E-state index in [1.807, 2.05) is 0 Å². The Kier molecular flexibility index (Phi) is 6.90. The number of non-ortho nitro benzene ring substituents is 1. The predicted octanol–water partition coefficient (Wildman–Crippen LogP) is 2.38. The maximum absolute atomic E-state index is 13.9. The summed E-state index contributed by atoms with van der Waals surface area (Å²) < 4.78 is 11.3. The first kappa shape index (κ1) is 26.2. The molecule has 2 aromatic carbocycles. The van der Waals surface area contributed by atoms with Crippen LogP contribution in [0.5, 0.6) is 5.75 Å². The number of thiazole rings is 1. The number of thioether (sulfide) groups is 1. The van der Waals surface area contributed by atoms with E-state index in [4.69, 9.17) is 9.47 Å². The van der Waals surface area contributed by atoms with Gasteiger partial charge in [-0.3, -0.25) is 29.3 Å². The first-order valence-corrected chi connectivity index (χ1v) is 14.1. The predicted molar refractivity (Wildman–Crippen MR) is 145 cm³/mol. The van der Waals surface area contributed by atoms with Crippen LogP contribution in [0.2, 0.25) is 0 Å². The molecule has 40 heavy (non-hydrogen) atoms. The second kappa shape index (κ2) is 10.5. The van der Waals surface area contributed by atoms with Gasteiger partial charge in [-0.05, 0) is 18.2 Å². The molecule has 3 atom stereocenters. The SMILES string of the molecule is O=C(COc1ccccc1C1c2sc(=O)[nH]c2SC2C(=O)N(c3ccc([N+](=O)[O-])cc3)C(=O)C21)N1CCOCC1. The van der Waals surface area contributed by atoms with Gasteiger partial charge < -0.3 is 19.4 Å². The zero-order valence-electron chi connectivity index (χ0n) is 20.8. The second-order valence-corrected chi connectivity index (χ2v) is 11.5. The highest BCUT2D eigenvalue weighted by Gasteiger charge is 2.56. The lowest BCUT2D eigenvalue weighted by Gasteiger charge is -2.31. The van der Waals surface area contributed by atoms with Crippen molar-refractivity contribution in [3.63, 3.8) is 0 Å². The maximum atomic E-state index is 13.9. The van der Waals surface area contributed by atoms with E-state index in [2.05, 4.69) is 4.98 Å². The molecule has 1 N–H and O–H groups in total. The van der Waals surface area contributed by atoms with Gasteiger partial charge in [0.25, 0.3) is 11.6 Å². The van der Waals surface area contributed by atoms with Crippen LogP contribution in [-0.2, 0) is 19.1 Å². The molecule has 0 spiro atoms. The molecule has 6 rings (SSSR count). The average Bonchev–Trinajstić information content (AvgIpc) is 3.46. The van der Waals surface area contributed by atoms with Gasteiger partial charge in [-0.2, -0.15) is 0 Å². The Labute approximate surface area is 235 Å². The Balaban J connectivity index is 1.35. The third kappa shape index (κ3) is 4.57. The molecule has 3 aliphatic heterocycles. The van der Waals surface area contributed by atoms with Crippen molar-refractivity contribution in [3.05, 3.63) is 78.8 Å². The molecule has 0 bridgehead atoms. The number of para-hydroxylation sites is 1. The average molecular weight is 583 g/mol. The number of aromatic nitrogens is 1. The number of carbonyl (C=O) groups excluding carboxylic acids is 3. The van der Waals surface area contributed by atoms with Gasteiger partial charge in [-0.25, -0.2) is 4.90 Å². The minimum Gasteiger partial charge on any atom is -0.483 e. The summed E-state index contributed by atoms with van der Waals surface area (Å²) in [6, 6.07) is 12.2. The van der Waals surface area contributed by atoms with Crippen LogP contribution in [0.1, 0.15) is 16.4 Å². The number of morpholine rings is 1. The molecule has 1 aromatic heterocycles. The molecule has 12 nitrogen and oxygen atoms in total. The van der Waals surface area contributed by atoms with Gasteiger partial charge in [0, 0.05) is 41.6 Å². The normalized spacial score (nSPS) is 22.1. The van der Waals surface area contributed by atoms with E-state index in [1.165, 1.54) is 24.3 Å². The standard InChI is InChI=1S/C26H22N4O8S2/c31-18(28-9-11-37-12-10-28)13-38-17-4-2-1-3-16(17)19-20-22(39-23-21(19)40-26(34)27-23)25(33)29(24(20)32)14-5-7-15(8-6-14)30(35)36/h1-8,19-20,22H,9-13H2,(H,27,34). The fourth-order valence-corrected chi connectivity index (χ4v) is 7.75. The highest BCUT2D eigenvalue weighted by molar-refractivity contribution is 8.00. The van der Waals surface area contributed by atoms with Crippen LogP contribution in [0.25, 0.3) is 0 Å². The quantitative estimate of drug-likeness (QED) is 0.262. The van der Waals surface area contributed by atoms with Gasteiger partial charge in [0.2, 0.25) is 11.8 Å². The molecule has 3 aromatic rings. The molecule has 2 fully saturated rings. The van der Waals surface area contributed by atoms with E-state index < -0.39 is 33.8 Å². The van der Waals surface area contributed by atoms with Crippen molar-refractivity contribution in [3.8, 4) is 5.75 Å². The number of hydrogen-bond acceptors (Lipinski definition) is 10. The number of amides is 3. The van der Waals surface area contributed by atoms with Crippen LogP contribution in [0.4, 0.5) is 11.4 Å². The first-order valence-electron chi connectivity index (χ1n) is 12.4. The topological polar surface area (TPSA) is 152 Å². The number of benzene rings is 2. The number of anilines is 1. The number of aromatic amines is 1. The largest absolute Gasteiger partial charge is 0.483 e. The van der Waals surface area contributed by atoms with Crippen LogP contribution in [0, 0.1) is 16.0 Å². The van der Waals surface area contributed by atoms with Gasteiger partial charge in [-0.1, -0.05) is 41.3 Å². The van der Waals surface area contributed by atoms with Gasteiger partial charge >= 0.3 is 4.87 Å². The number of nitrogens with one attached hydrogen (secondary N) is 1. The van der Waals surface area contributed by atoms with Crippen molar-refractivity contribution in [2.75, 3.05) is 37.8 Å². The number of fused-ring (bicyclic) bond motifs is 2. The van der Waals surface area contributed by atoms with Crippen LogP contribution >= 0.6 is 23.1 Å². The Morgan fingerprint density at radius 1 is 1.07 bits per heavy atom. The van der Waals surface area contributed by atoms with Crippen LogP contribution in [0.3, 0.4) is 0 Å². The lowest BCUT2D eigenvalue weighted by molar-refractivity contribution is -0.384. The molecule has 0 saturated carbocycles. The van der Waals surface area contributed by atoms with Crippen LogP contribution in [-0.4, -0.2) is 70.7 Å². The first-order chi connectivity index (χ1) is 19.3. The molecule has 4 heterocycles. The minimum atomic E-state index is -0.869. The summed E-state index contributed by atoms with van der Waals surface area (Å²) in [5, 5.41) is 10.8. The molecule has 3 unspecified atom stereocenters. The fourth-order valence-electron chi connectivity index (χ4n) is 5.24. The smallest absolute Gasteiger partial charge is 0.305 e. The Bertz CT molecular complexity index is 1560. The second-order valence-electron chi connectivity index (χ2n) is 9.35. The lowest BCUT2D eigenvalue weighted by atomic mass is 9.82. The number of rotatable bonds is 6. The van der Waals surface area contributed by atoms with Crippen molar-refractivity contribution in [1.82, 2.24) is 9.88 Å². The fraction of sp³-hybridized carbons (Fsp3) is 0.308. The summed E-state index contributed by atoms with van der Waals surface area (Å²) in [6.07, 6.45) is 0. The minimum absolute atomic E-state index is 0.162. The van der Waals surface area contributed by atoms with Gasteiger partial charge in [-0.15, -0.1) is 0 Å². The summed E-state index contributed by atoms with van der Waals surface area (Å²) in [4.78, 5) is 69.0. The number of ether oxygens (including phenoxy) is 2. The molecule has 3 aliphatic rings. The molecule has 14 heteroatoms. The number of imide groups is 1. The Morgan fingerprint density at radius 2 is 1.80 bits per heavy atom. The molecule has 206 valence electrons. The highest BCUT2D eigenvalue weighted by Crippen LogP contribution is 2.54. The van der Waals surface area contributed by atoms with E-state index in [1.54, 1.807) is 29.2 Å². The molecule has 2 saturated heterocycles. The van der Waals surface area contributed by atoms with Crippen LogP contribution < -0.4 is 14.5 Å². The zero-order chi connectivity index (χ0) is 28.0. The Hall–Kier alpha value is -4.01. The summed E-state index contributed by atoms with van der Waals surface area (Å²) in [6.45, 7) is 1.65. The van der Waals surface area contributed by atoms with Gasteiger partial charge in [0.1, 0.15) is 11.0 Å². The number of hydrogen-bond donors (Lipinski definition) is 1. The van der Waals surface area contributed by atoms with E-state index in [9.17, 15) is 29.3 Å². The van der Waals surface area contributed by atoms with Crippen molar-refractivity contribution in [2.24, 2.45) is 5.92 Å². The van der Waals surface area contributed by atoms with E-state index in [-0.39, 0.29) is 28.8 Å². The highest BCUT2D eigenvalue weighted by atomic mass is 32.2. The van der Waals surface area contributed by atoms with Crippen molar-refractivity contribution in [2.45, 2.75) is 16.2 Å². The molecule has 0 aliphatic carbocycles. The van der Waals surface area contributed by atoms with Crippen molar-refractivity contribution < 1.29 is 28.8 Å². The Morgan fingerprint density at radius 3 is 2.52 bits per heavy atom. The third-order valence-electron chi connectivity index (χ3n) is 7.11. The van der Waals surface area contributed by atoms with Gasteiger partial charge in [0.05, 0.1) is 34.8 Å². The van der Waals surface area contributed by atoms with E-state index in [0.29, 0.717) is 47.5 Å². The lowest BCUT2D eigenvalue weighted by Crippen LogP contribution is -2.43. The third-order valence-corrected chi connectivity index (χ3v) is 9.51. The molecular weight excluding hydrogens is 560 g/mol. The zero-order valence-corrected chi connectivity index (χ0v) is 22.4. The summed E-state index contributed by atoms with van der Waals surface area (Å²) in [5.41, 5.74) is 0.646. The summed E-state index contributed by atoms with van der Waals surface area (Å²) in [7, 11) is 0. The number of H-pyrrole nitrogens is 1. The number of nitro benzene ring substituents is 1. The summed E-state index contributed by atoms with van der Waals surface area (Å²) in [5.74, 6) is -2.34. The molecular formula is C26H22N4O8S2. The van der Waals surface area contributed by atoms with Crippen molar-refractivity contribution in [1.29, 1.82) is 0 Å². The monoisotopic (exact) mass is 582 g/mol. The molecule has 0 radical (unpaired) electrons. The number of nitrogens with zero attached hydrogens (tertiary/aromatic N) is 3. The number of nitro groups is 1. The van der Waals surface area contributed by atoms with Crippen molar-refractivity contribution >= 4 is 52.2 Å². The van der Waals surface area contributed by atoms with Crippen LogP contribution in [0.15, 0.2) is 58.4 Å². The van der Waals surface area contributed by atoms with E-state index >= 15 is 0 Å². The van der Waals surface area contributed by atoms with E-state index in [0.717, 1.165) is 28.0 Å². The van der Waals surface area contributed by atoms with Gasteiger partial charge in [0.15, 0.2) is 6.61 Å². The maximum Gasteiger partial charge on any atom is 0.305 e. The summed E-state index contributed by atoms with van der Waals surface area (Å²) >= 11 is 2.10. The molecule has 3 amide bonds. The number of carbonyl (C=O) groups is 3.